The Kier molecular flexibility index (Phi) is 5.04. The van der Waals surface area contributed by atoms with Gasteiger partial charge in [-0.05, 0) is 25.8 Å². The van der Waals surface area contributed by atoms with Crippen molar-refractivity contribution in [1.82, 2.24) is 5.32 Å². The molecule has 0 aliphatic carbocycles. The monoisotopic (exact) mass is 227 g/mol. The van der Waals surface area contributed by atoms with Gasteiger partial charge < -0.3 is 10.1 Å². The molecule has 2 aliphatic rings. The molecule has 0 radical (unpaired) electrons. The van der Waals surface area contributed by atoms with Crippen molar-refractivity contribution >= 4 is 30.8 Å². The average Bonchev–Trinajstić information content (AvgIpc) is 2.36. The molecule has 0 aromatic rings. The highest BCUT2D eigenvalue weighted by molar-refractivity contribution is 5.85. The van der Waals surface area contributed by atoms with Crippen LogP contribution in [0.3, 0.4) is 0 Å². The van der Waals surface area contributed by atoms with E-state index in [2.05, 4.69) is 5.32 Å². The van der Waals surface area contributed by atoms with Gasteiger partial charge in [0.05, 0.1) is 12.0 Å². The van der Waals surface area contributed by atoms with Crippen molar-refractivity contribution in [1.29, 1.82) is 0 Å². The second-order valence-electron chi connectivity index (χ2n) is 3.45. The summed E-state index contributed by atoms with van der Waals surface area (Å²) in [5, 5.41) is 3.25. The number of esters is 1. The predicted molar refractivity (Wildman–Crippen MR) is 54.6 cm³/mol. The van der Waals surface area contributed by atoms with E-state index in [1.54, 1.807) is 0 Å². The molecule has 0 aromatic carbocycles. The minimum Gasteiger partial charge on any atom is -0.465 e. The average molecular weight is 228 g/mol. The summed E-state index contributed by atoms with van der Waals surface area (Å²) in [6, 6.07) is 0. The summed E-state index contributed by atoms with van der Waals surface area (Å²) < 4.78 is 4.97. The second-order valence-corrected chi connectivity index (χ2v) is 3.45. The molecule has 1 spiro atoms. The summed E-state index contributed by atoms with van der Waals surface area (Å²) in [6.07, 6.45) is 3.03. The van der Waals surface area contributed by atoms with Crippen molar-refractivity contribution in [3.05, 3.63) is 0 Å². The zero-order valence-corrected chi connectivity index (χ0v) is 9.01. The summed E-state index contributed by atoms with van der Waals surface area (Å²) in [5.74, 6) is 0.0182. The first kappa shape index (κ1) is 13.0. The van der Waals surface area contributed by atoms with Gasteiger partial charge in [0.1, 0.15) is 0 Å². The van der Waals surface area contributed by atoms with Crippen LogP contribution >= 0.6 is 24.8 Å². The van der Waals surface area contributed by atoms with E-state index in [4.69, 9.17) is 4.74 Å². The van der Waals surface area contributed by atoms with Crippen molar-refractivity contribution in [3.63, 3.8) is 0 Å². The van der Waals surface area contributed by atoms with E-state index in [0.29, 0.717) is 6.61 Å². The fraction of sp³-hybridized carbons (Fsp3) is 0.875. The third kappa shape index (κ3) is 2.27. The summed E-state index contributed by atoms with van der Waals surface area (Å²) in [6.45, 7) is 2.50. The van der Waals surface area contributed by atoms with Crippen LogP contribution in [0.15, 0.2) is 0 Å². The van der Waals surface area contributed by atoms with Crippen molar-refractivity contribution < 1.29 is 9.53 Å². The lowest BCUT2D eigenvalue weighted by Crippen LogP contribution is -2.42. The smallest absolute Gasteiger partial charge is 0.313 e. The molecule has 5 heteroatoms. The molecule has 1 N–H and O–H groups in total. The fourth-order valence-corrected chi connectivity index (χ4v) is 1.95. The van der Waals surface area contributed by atoms with E-state index in [-0.39, 0.29) is 36.2 Å². The molecule has 0 amide bonds. The number of nitrogens with one attached hydrogen (secondary N) is 1. The molecule has 1 unspecified atom stereocenters. The Morgan fingerprint density at radius 1 is 1.31 bits per heavy atom. The number of hydrogen-bond acceptors (Lipinski definition) is 3. The number of piperidine rings is 1. The highest BCUT2D eigenvalue weighted by atomic mass is 35.5. The van der Waals surface area contributed by atoms with Gasteiger partial charge in [0, 0.05) is 6.54 Å². The van der Waals surface area contributed by atoms with Crippen LogP contribution in [-0.4, -0.2) is 25.7 Å². The zero-order valence-electron chi connectivity index (χ0n) is 7.38. The van der Waals surface area contributed by atoms with E-state index in [1.165, 1.54) is 0 Å². The van der Waals surface area contributed by atoms with Crippen LogP contribution in [0.25, 0.3) is 0 Å². The predicted octanol–water partition coefficient (Wildman–Crippen LogP) is 1.15. The normalized spacial score (nSPS) is 31.8. The van der Waals surface area contributed by atoms with Gasteiger partial charge in [0.25, 0.3) is 0 Å². The maximum Gasteiger partial charge on any atom is 0.313 e. The number of carbonyl (C=O) groups excluding carboxylic acids is 1. The first-order valence-electron chi connectivity index (χ1n) is 4.21. The van der Waals surface area contributed by atoms with Gasteiger partial charge >= 0.3 is 5.97 Å². The molecule has 2 rings (SSSR count). The zero-order chi connectivity index (χ0) is 7.73. The standard InChI is InChI=1S/C8H13NO2.2ClH/c10-7-8(3-5-11-7)2-1-4-9-6-8;;/h9H,1-6H2;2*1H. The molecule has 2 heterocycles. The number of hydrogen-bond donors (Lipinski definition) is 1. The molecule has 2 fully saturated rings. The minimum atomic E-state index is -0.141. The lowest BCUT2D eigenvalue weighted by molar-refractivity contribution is -0.147. The molecule has 1 atom stereocenters. The van der Waals surface area contributed by atoms with E-state index < -0.39 is 0 Å². The molecule has 3 nitrogen and oxygen atoms in total. The van der Waals surface area contributed by atoms with E-state index in [1.807, 2.05) is 0 Å². The van der Waals surface area contributed by atoms with Crippen LogP contribution < -0.4 is 5.32 Å². The van der Waals surface area contributed by atoms with Crippen molar-refractivity contribution in [2.45, 2.75) is 19.3 Å². The third-order valence-electron chi connectivity index (χ3n) is 2.72. The Labute approximate surface area is 90.4 Å². The highest BCUT2D eigenvalue weighted by Gasteiger charge is 2.44. The van der Waals surface area contributed by atoms with Gasteiger partial charge in [0.2, 0.25) is 0 Å². The van der Waals surface area contributed by atoms with Gasteiger partial charge in [-0.3, -0.25) is 4.79 Å². The Morgan fingerprint density at radius 3 is 2.54 bits per heavy atom. The van der Waals surface area contributed by atoms with Crippen LogP contribution in [0.4, 0.5) is 0 Å². The van der Waals surface area contributed by atoms with Gasteiger partial charge in [-0.2, -0.15) is 0 Å². The second kappa shape index (κ2) is 5.03. The van der Waals surface area contributed by atoms with Crippen LogP contribution in [0.1, 0.15) is 19.3 Å². The molecular formula is C8H15Cl2NO2. The van der Waals surface area contributed by atoms with Gasteiger partial charge in [-0.25, -0.2) is 0 Å². The summed E-state index contributed by atoms with van der Waals surface area (Å²) in [5.41, 5.74) is -0.141. The number of halogens is 2. The quantitative estimate of drug-likeness (QED) is 0.632. The van der Waals surface area contributed by atoms with Crippen LogP contribution in [0, 0.1) is 5.41 Å². The number of cyclic esters (lactones) is 1. The lowest BCUT2D eigenvalue weighted by atomic mass is 9.80. The van der Waals surface area contributed by atoms with Gasteiger partial charge in [-0.1, -0.05) is 0 Å². The first-order valence-corrected chi connectivity index (χ1v) is 4.21. The SMILES string of the molecule is Cl.Cl.O=C1OCCC12CCCNC2. The summed E-state index contributed by atoms with van der Waals surface area (Å²) >= 11 is 0. The summed E-state index contributed by atoms with van der Waals surface area (Å²) in [4.78, 5) is 11.3. The number of carbonyl (C=O) groups is 1. The minimum absolute atomic E-state index is 0. The van der Waals surface area contributed by atoms with Gasteiger partial charge in [-0.15, -0.1) is 24.8 Å². The molecule has 2 aliphatic heterocycles. The van der Waals surface area contributed by atoms with Crippen LogP contribution in [0.2, 0.25) is 0 Å². The maximum atomic E-state index is 11.3. The Hall–Kier alpha value is 0.01000. The summed E-state index contributed by atoms with van der Waals surface area (Å²) in [7, 11) is 0. The molecule has 2 saturated heterocycles. The number of ether oxygens (including phenoxy) is 1. The van der Waals surface area contributed by atoms with Crippen molar-refractivity contribution in [2.75, 3.05) is 19.7 Å². The Morgan fingerprint density at radius 2 is 2.08 bits per heavy atom. The highest BCUT2D eigenvalue weighted by Crippen LogP contribution is 2.35. The lowest BCUT2D eigenvalue weighted by Gasteiger charge is -2.29. The molecular weight excluding hydrogens is 213 g/mol. The van der Waals surface area contributed by atoms with Crippen LogP contribution in [0.5, 0.6) is 0 Å². The van der Waals surface area contributed by atoms with Crippen LogP contribution in [-0.2, 0) is 9.53 Å². The maximum absolute atomic E-state index is 11.3. The van der Waals surface area contributed by atoms with E-state index >= 15 is 0 Å². The molecule has 0 aromatic heterocycles. The molecule has 13 heavy (non-hydrogen) atoms. The Bertz CT molecular complexity index is 181. The topological polar surface area (TPSA) is 38.3 Å². The first-order chi connectivity index (χ1) is 5.33. The molecule has 0 saturated carbocycles. The number of rotatable bonds is 0. The van der Waals surface area contributed by atoms with Crippen molar-refractivity contribution in [3.8, 4) is 0 Å². The third-order valence-corrected chi connectivity index (χ3v) is 2.72. The van der Waals surface area contributed by atoms with E-state index in [0.717, 1.165) is 32.4 Å². The largest absolute Gasteiger partial charge is 0.465 e. The fourth-order valence-electron chi connectivity index (χ4n) is 1.95. The van der Waals surface area contributed by atoms with Crippen molar-refractivity contribution in [2.24, 2.45) is 5.41 Å². The Balaban J connectivity index is 0.000000720. The molecule has 0 bridgehead atoms. The molecule has 78 valence electrons. The van der Waals surface area contributed by atoms with E-state index in [9.17, 15) is 4.79 Å². The van der Waals surface area contributed by atoms with Gasteiger partial charge in [0.15, 0.2) is 0 Å².